The van der Waals surface area contributed by atoms with Gasteiger partial charge in [-0.15, -0.1) is 0 Å². The van der Waals surface area contributed by atoms with Gasteiger partial charge in [0.1, 0.15) is 0 Å². The lowest BCUT2D eigenvalue weighted by molar-refractivity contribution is 0.247. The molecular weight excluding hydrogens is 282 g/mol. The fourth-order valence-corrected chi connectivity index (χ4v) is 3.97. The molecule has 1 heterocycles. The summed E-state index contributed by atoms with van der Waals surface area (Å²) >= 11 is 0. The van der Waals surface area contributed by atoms with Crippen LogP contribution in [0.2, 0.25) is 0 Å². The van der Waals surface area contributed by atoms with Crippen LogP contribution in [0.3, 0.4) is 0 Å². The molecule has 0 spiro atoms. The molecule has 0 fully saturated rings. The standard InChI is InChI=1S/C17H25NO2S/c1-14-8-10-16(11-9-14)21(19,20)18-12-6-5-7-15(13-18)17(2,3)4/h5,7-11,15H,6,12-13H2,1-4H3. The Morgan fingerprint density at radius 3 is 2.33 bits per heavy atom. The summed E-state index contributed by atoms with van der Waals surface area (Å²) in [4.78, 5) is 0.391. The highest BCUT2D eigenvalue weighted by molar-refractivity contribution is 7.89. The van der Waals surface area contributed by atoms with E-state index in [4.69, 9.17) is 0 Å². The maximum atomic E-state index is 12.8. The zero-order chi connectivity index (χ0) is 15.7. The van der Waals surface area contributed by atoms with Crippen molar-refractivity contribution in [2.24, 2.45) is 11.3 Å². The van der Waals surface area contributed by atoms with E-state index in [2.05, 4.69) is 32.9 Å². The third kappa shape index (κ3) is 3.74. The maximum absolute atomic E-state index is 12.8. The van der Waals surface area contributed by atoms with Gasteiger partial charge in [0.25, 0.3) is 0 Å². The Balaban J connectivity index is 2.29. The minimum Gasteiger partial charge on any atom is -0.207 e. The summed E-state index contributed by atoms with van der Waals surface area (Å²) < 4.78 is 27.3. The second-order valence-corrected chi connectivity index (χ2v) is 8.80. The molecule has 21 heavy (non-hydrogen) atoms. The van der Waals surface area contributed by atoms with Gasteiger partial charge in [0.05, 0.1) is 4.90 Å². The summed E-state index contributed by atoms with van der Waals surface area (Å²) in [5.74, 6) is 0.236. The molecule has 0 bridgehead atoms. The number of nitrogens with zero attached hydrogens (tertiary/aromatic N) is 1. The van der Waals surface area contributed by atoms with Crippen molar-refractivity contribution in [3.8, 4) is 0 Å². The minimum absolute atomic E-state index is 0.0574. The molecule has 0 radical (unpaired) electrons. The van der Waals surface area contributed by atoms with Crippen molar-refractivity contribution in [2.75, 3.05) is 13.1 Å². The van der Waals surface area contributed by atoms with Crippen LogP contribution in [-0.4, -0.2) is 25.8 Å². The van der Waals surface area contributed by atoms with Gasteiger partial charge in [-0.1, -0.05) is 50.6 Å². The van der Waals surface area contributed by atoms with Gasteiger partial charge in [0.15, 0.2) is 0 Å². The quantitative estimate of drug-likeness (QED) is 0.783. The Hall–Kier alpha value is -1.13. The monoisotopic (exact) mass is 307 g/mol. The first kappa shape index (κ1) is 16.2. The largest absolute Gasteiger partial charge is 0.243 e. The molecule has 0 N–H and O–H groups in total. The second-order valence-electron chi connectivity index (χ2n) is 6.87. The molecule has 1 aromatic rings. The topological polar surface area (TPSA) is 37.4 Å². The van der Waals surface area contributed by atoms with E-state index in [1.165, 1.54) is 0 Å². The van der Waals surface area contributed by atoms with Crippen LogP contribution < -0.4 is 0 Å². The van der Waals surface area contributed by atoms with Gasteiger partial charge in [-0.2, -0.15) is 4.31 Å². The Labute approximate surface area is 128 Å². The third-order valence-corrected chi connectivity index (χ3v) is 5.96. The average molecular weight is 307 g/mol. The molecule has 3 nitrogen and oxygen atoms in total. The van der Waals surface area contributed by atoms with E-state index in [1.807, 2.05) is 19.1 Å². The van der Waals surface area contributed by atoms with Crippen molar-refractivity contribution in [3.05, 3.63) is 42.0 Å². The van der Waals surface area contributed by atoms with E-state index in [-0.39, 0.29) is 11.3 Å². The number of benzene rings is 1. The smallest absolute Gasteiger partial charge is 0.207 e. The lowest BCUT2D eigenvalue weighted by Gasteiger charge is -2.31. The molecule has 4 heteroatoms. The number of hydrogen-bond acceptors (Lipinski definition) is 2. The molecule has 0 aromatic heterocycles. The number of rotatable bonds is 2. The summed E-state index contributed by atoms with van der Waals surface area (Å²) in [5, 5.41) is 0. The van der Waals surface area contributed by atoms with E-state index < -0.39 is 10.0 Å². The Morgan fingerprint density at radius 2 is 1.76 bits per heavy atom. The average Bonchev–Trinajstić information content (AvgIpc) is 2.65. The van der Waals surface area contributed by atoms with Crippen LogP contribution in [-0.2, 0) is 10.0 Å². The van der Waals surface area contributed by atoms with Gasteiger partial charge >= 0.3 is 0 Å². The molecule has 1 aliphatic rings. The Morgan fingerprint density at radius 1 is 1.14 bits per heavy atom. The van der Waals surface area contributed by atoms with Crippen molar-refractivity contribution in [2.45, 2.75) is 39.0 Å². The van der Waals surface area contributed by atoms with Crippen molar-refractivity contribution < 1.29 is 8.42 Å². The lowest BCUT2D eigenvalue weighted by atomic mass is 9.80. The van der Waals surface area contributed by atoms with E-state index in [0.29, 0.717) is 18.0 Å². The van der Waals surface area contributed by atoms with Gasteiger partial charge in [0.2, 0.25) is 10.0 Å². The molecule has 116 valence electrons. The highest BCUT2D eigenvalue weighted by atomic mass is 32.2. The molecule has 1 unspecified atom stereocenters. The van der Waals surface area contributed by atoms with Crippen LogP contribution in [0.25, 0.3) is 0 Å². The van der Waals surface area contributed by atoms with Gasteiger partial charge < -0.3 is 0 Å². The first-order valence-electron chi connectivity index (χ1n) is 7.45. The SMILES string of the molecule is Cc1ccc(S(=O)(=O)N2CCC=CC(C(C)(C)C)C2)cc1. The van der Waals surface area contributed by atoms with Crippen molar-refractivity contribution in [3.63, 3.8) is 0 Å². The molecule has 1 aliphatic heterocycles. The molecule has 0 saturated heterocycles. The highest BCUT2D eigenvalue weighted by Crippen LogP contribution is 2.31. The first-order valence-corrected chi connectivity index (χ1v) is 8.89. The van der Waals surface area contributed by atoms with Gasteiger partial charge in [0, 0.05) is 13.1 Å². The lowest BCUT2D eigenvalue weighted by Crippen LogP contribution is -2.38. The predicted octanol–water partition coefficient (Wildman–Crippen LogP) is 3.61. The summed E-state index contributed by atoms with van der Waals surface area (Å²) in [7, 11) is -3.40. The molecule has 0 saturated carbocycles. The molecule has 1 aromatic carbocycles. The van der Waals surface area contributed by atoms with E-state index in [0.717, 1.165) is 12.0 Å². The first-order chi connectivity index (χ1) is 9.71. The summed E-state index contributed by atoms with van der Waals surface area (Å²) in [6.45, 7) is 9.54. The third-order valence-electron chi connectivity index (χ3n) is 4.09. The maximum Gasteiger partial charge on any atom is 0.243 e. The number of aryl methyl sites for hydroxylation is 1. The van der Waals surface area contributed by atoms with Gasteiger partial charge in [-0.25, -0.2) is 8.42 Å². The Bertz CT molecular complexity index is 609. The molecule has 2 rings (SSSR count). The van der Waals surface area contributed by atoms with E-state index in [9.17, 15) is 8.42 Å². The fraction of sp³-hybridized carbons (Fsp3) is 0.529. The van der Waals surface area contributed by atoms with Crippen LogP contribution in [0, 0.1) is 18.3 Å². The van der Waals surface area contributed by atoms with Crippen LogP contribution in [0.4, 0.5) is 0 Å². The Kier molecular flexibility index (Phi) is 4.59. The van der Waals surface area contributed by atoms with Gasteiger partial charge in [-0.3, -0.25) is 0 Å². The predicted molar refractivity (Wildman–Crippen MR) is 86.6 cm³/mol. The van der Waals surface area contributed by atoms with E-state index in [1.54, 1.807) is 16.4 Å². The van der Waals surface area contributed by atoms with Crippen molar-refractivity contribution in [1.82, 2.24) is 4.31 Å². The van der Waals surface area contributed by atoms with E-state index >= 15 is 0 Å². The van der Waals surface area contributed by atoms with Crippen LogP contribution in [0.1, 0.15) is 32.8 Å². The number of sulfonamides is 1. The summed E-state index contributed by atoms with van der Waals surface area (Å²) in [6.07, 6.45) is 5.06. The van der Waals surface area contributed by atoms with Crippen LogP contribution in [0.5, 0.6) is 0 Å². The molecular formula is C17H25NO2S. The summed E-state index contributed by atoms with van der Waals surface area (Å²) in [6, 6.07) is 7.11. The number of hydrogen-bond donors (Lipinski definition) is 0. The van der Waals surface area contributed by atoms with Gasteiger partial charge in [-0.05, 0) is 36.8 Å². The zero-order valence-corrected chi connectivity index (χ0v) is 14.2. The molecule has 1 atom stereocenters. The normalized spacial score (nSPS) is 21.2. The summed E-state index contributed by atoms with van der Waals surface area (Å²) in [5.41, 5.74) is 1.13. The molecule has 0 aliphatic carbocycles. The zero-order valence-electron chi connectivity index (χ0n) is 13.3. The van der Waals surface area contributed by atoms with Crippen molar-refractivity contribution in [1.29, 1.82) is 0 Å². The fourth-order valence-electron chi connectivity index (χ4n) is 2.49. The minimum atomic E-state index is -3.40. The van der Waals surface area contributed by atoms with Crippen LogP contribution in [0.15, 0.2) is 41.3 Å². The van der Waals surface area contributed by atoms with Crippen molar-refractivity contribution >= 4 is 10.0 Å². The second kappa shape index (κ2) is 5.93. The molecule has 0 amide bonds. The highest BCUT2D eigenvalue weighted by Gasteiger charge is 2.31. The van der Waals surface area contributed by atoms with Crippen LogP contribution >= 0.6 is 0 Å².